The molecule has 0 saturated heterocycles. The average Bonchev–Trinajstić information content (AvgIpc) is 2.30. The molecular formula is C14H23NO2. The highest BCUT2D eigenvalue weighted by atomic mass is 16.5. The molecule has 3 heteroatoms. The van der Waals surface area contributed by atoms with Gasteiger partial charge >= 0.3 is 0 Å². The molecule has 0 bridgehead atoms. The molecule has 1 aromatic rings. The SMILES string of the molecule is CNC(C)(C)Cc1cc(OC)c(C)cc1OC. The van der Waals surface area contributed by atoms with Gasteiger partial charge in [0, 0.05) is 5.54 Å². The number of hydrogen-bond donors (Lipinski definition) is 1. The quantitative estimate of drug-likeness (QED) is 0.853. The van der Waals surface area contributed by atoms with E-state index >= 15 is 0 Å². The Hall–Kier alpha value is -1.22. The van der Waals surface area contributed by atoms with Crippen LogP contribution in [0.1, 0.15) is 25.0 Å². The summed E-state index contributed by atoms with van der Waals surface area (Å²) >= 11 is 0. The second-order valence-corrected chi connectivity index (χ2v) is 4.94. The van der Waals surface area contributed by atoms with Gasteiger partial charge in [0.1, 0.15) is 11.5 Å². The van der Waals surface area contributed by atoms with Crippen LogP contribution in [0.15, 0.2) is 12.1 Å². The largest absolute Gasteiger partial charge is 0.496 e. The number of rotatable bonds is 5. The van der Waals surface area contributed by atoms with Crippen LogP contribution in [0, 0.1) is 6.92 Å². The summed E-state index contributed by atoms with van der Waals surface area (Å²) in [6.45, 7) is 6.35. The topological polar surface area (TPSA) is 30.5 Å². The highest BCUT2D eigenvalue weighted by molar-refractivity contribution is 5.46. The molecule has 0 unspecified atom stereocenters. The lowest BCUT2D eigenvalue weighted by Crippen LogP contribution is -2.38. The summed E-state index contributed by atoms with van der Waals surface area (Å²) in [5.41, 5.74) is 2.29. The fourth-order valence-electron chi connectivity index (χ4n) is 1.82. The molecule has 1 N–H and O–H groups in total. The van der Waals surface area contributed by atoms with Crippen molar-refractivity contribution in [2.24, 2.45) is 0 Å². The molecule has 1 aromatic carbocycles. The fraction of sp³-hybridized carbons (Fsp3) is 0.571. The van der Waals surface area contributed by atoms with Gasteiger partial charge in [-0.2, -0.15) is 0 Å². The van der Waals surface area contributed by atoms with Crippen molar-refractivity contribution in [3.8, 4) is 11.5 Å². The van der Waals surface area contributed by atoms with Crippen molar-refractivity contribution in [2.75, 3.05) is 21.3 Å². The van der Waals surface area contributed by atoms with Gasteiger partial charge in [-0.15, -0.1) is 0 Å². The Morgan fingerprint density at radius 3 is 2.18 bits per heavy atom. The minimum Gasteiger partial charge on any atom is -0.496 e. The number of likely N-dealkylation sites (N-methyl/N-ethyl adjacent to an activating group) is 1. The summed E-state index contributed by atoms with van der Waals surface area (Å²) < 4.78 is 10.8. The van der Waals surface area contributed by atoms with Gasteiger partial charge in [0.05, 0.1) is 14.2 Å². The van der Waals surface area contributed by atoms with Crippen LogP contribution in [0.2, 0.25) is 0 Å². The Morgan fingerprint density at radius 1 is 1.12 bits per heavy atom. The molecule has 0 fully saturated rings. The van der Waals surface area contributed by atoms with E-state index in [2.05, 4.69) is 25.2 Å². The van der Waals surface area contributed by atoms with E-state index in [1.54, 1.807) is 14.2 Å². The Bertz CT molecular complexity index is 386. The Kier molecular flexibility index (Phi) is 4.40. The van der Waals surface area contributed by atoms with Crippen LogP contribution in [-0.4, -0.2) is 26.8 Å². The van der Waals surface area contributed by atoms with E-state index in [0.29, 0.717) is 0 Å². The van der Waals surface area contributed by atoms with E-state index in [0.717, 1.165) is 29.0 Å². The molecule has 0 aromatic heterocycles. The van der Waals surface area contributed by atoms with Crippen molar-refractivity contribution in [1.82, 2.24) is 5.32 Å². The van der Waals surface area contributed by atoms with E-state index in [4.69, 9.17) is 9.47 Å². The van der Waals surface area contributed by atoms with Gasteiger partial charge in [-0.3, -0.25) is 0 Å². The highest BCUT2D eigenvalue weighted by Crippen LogP contribution is 2.30. The number of benzene rings is 1. The van der Waals surface area contributed by atoms with Crippen molar-refractivity contribution in [3.63, 3.8) is 0 Å². The molecule has 3 nitrogen and oxygen atoms in total. The molecule has 0 aliphatic rings. The predicted octanol–water partition coefficient (Wildman–Crippen LogP) is 2.55. The summed E-state index contributed by atoms with van der Waals surface area (Å²) in [5, 5.41) is 3.30. The van der Waals surface area contributed by atoms with Crippen molar-refractivity contribution in [1.29, 1.82) is 0 Å². The maximum Gasteiger partial charge on any atom is 0.122 e. The second kappa shape index (κ2) is 5.41. The molecule has 0 saturated carbocycles. The van der Waals surface area contributed by atoms with Gasteiger partial charge in [0.25, 0.3) is 0 Å². The van der Waals surface area contributed by atoms with Gasteiger partial charge < -0.3 is 14.8 Å². The molecule has 0 aliphatic heterocycles. The summed E-state index contributed by atoms with van der Waals surface area (Å²) in [5.74, 6) is 1.83. The second-order valence-electron chi connectivity index (χ2n) is 4.94. The first-order chi connectivity index (χ1) is 7.93. The van der Waals surface area contributed by atoms with Crippen LogP contribution >= 0.6 is 0 Å². The lowest BCUT2D eigenvalue weighted by molar-refractivity contribution is 0.378. The standard InChI is InChI=1S/C14H23NO2/c1-10-7-13(17-6)11(8-12(10)16-5)9-14(2,3)15-4/h7-8,15H,9H2,1-6H3. The molecule has 0 radical (unpaired) electrons. The van der Waals surface area contributed by atoms with E-state index in [1.807, 2.05) is 20.0 Å². The molecule has 0 heterocycles. The monoisotopic (exact) mass is 237 g/mol. The predicted molar refractivity (Wildman–Crippen MR) is 71.1 cm³/mol. The van der Waals surface area contributed by atoms with Crippen molar-refractivity contribution in [3.05, 3.63) is 23.3 Å². The van der Waals surface area contributed by atoms with E-state index in [9.17, 15) is 0 Å². The van der Waals surface area contributed by atoms with Crippen LogP contribution in [0.25, 0.3) is 0 Å². The molecule has 0 amide bonds. The number of aryl methyl sites for hydroxylation is 1. The fourth-order valence-corrected chi connectivity index (χ4v) is 1.82. The zero-order valence-corrected chi connectivity index (χ0v) is 11.7. The number of ether oxygens (including phenoxy) is 2. The van der Waals surface area contributed by atoms with Crippen LogP contribution in [0.3, 0.4) is 0 Å². The van der Waals surface area contributed by atoms with Gasteiger partial charge in [0.2, 0.25) is 0 Å². The van der Waals surface area contributed by atoms with E-state index in [-0.39, 0.29) is 5.54 Å². The number of hydrogen-bond acceptors (Lipinski definition) is 3. The van der Waals surface area contributed by atoms with Gasteiger partial charge in [-0.05, 0) is 57.5 Å². The van der Waals surface area contributed by atoms with Crippen molar-refractivity contribution in [2.45, 2.75) is 32.7 Å². The van der Waals surface area contributed by atoms with Crippen molar-refractivity contribution >= 4 is 0 Å². The van der Waals surface area contributed by atoms with E-state index < -0.39 is 0 Å². The molecule has 0 spiro atoms. The minimum absolute atomic E-state index is 0.0353. The average molecular weight is 237 g/mol. The molecule has 0 aliphatic carbocycles. The third-order valence-corrected chi connectivity index (χ3v) is 3.11. The molecule has 1 rings (SSSR count). The summed E-state index contributed by atoms with van der Waals surface area (Å²) in [6.07, 6.45) is 0.892. The molecule has 96 valence electrons. The van der Waals surface area contributed by atoms with Crippen LogP contribution in [-0.2, 0) is 6.42 Å². The summed E-state index contributed by atoms with van der Waals surface area (Å²) in [4.78, 5) is 0. The van der Waals surface area contributed by atoms with Crippen LogP contribution in [0.4, 0.5) is 0 Å². The zero-order valence-electron chi connectivity index (χ0n) is 11.7. The number of methoxy groups -OCH3 is 2. The smallest absolute Gasteiger partial charge is 0.122 e. The zero-order chi connectivity index (χ0) is 13.1. The maximum absolute atomic E-state index is 5.43. The van der Waals surface area contributed by atoms with Crippen molar-refractivity contribution < 1.29 is 9.47 Å². The maximum atomic E-state index is 5.43. The van der Waals surface area contributed by atoms with Gasteiger partial charge in [-0.1, -0.05) is 0 Å². The highest BCUT2D eigenvalue weighted by Gasteiger charge is 2.19. The normalized spacial score (nSPS) is 11.4. The third kappa shape index (κ3) is 3.37. The summed E-state index contributed by atoms with van der Waals surface area (Å²) in [6, 6.07) is 4.09. The molecular weight excluding hydrogens is 214 g/mol. The third-order valence-electron chi connectivity index (χ3n) is 3.11. The Morgan fingerprint density at radius 2 is 1.71 bits per heavy atom. The molecule has 0 atom stereocenters. The first-order valence-electron chi connectivity index (χ1n) is 5.84. The summed E-state index contributed by atoms with van der Waals surface area (Å²) in [7, 11) is 5.37. The lowest BCUT2D eigenvalue weighted by Gasteiger charge is -2.25. The lowest BCUT2D eigenvalue weighted by atomic mass is 9.93. The van der Waals surface area contributed by atoms with Crippen LogP contribution < -0.4 is 14.8 Å². The first-order valence-corrected chi connectivity index (χ1v) is 5.84. The van der Waals surface area contributed by atoms with Crippen LogP contribution in [0.5, 0.6) is 11.5 Å². The minimum atomic E-state index is 0.0353. The van der Waals surface area contributed by atoms with E-state index in [1.165, 1.54) is 0 Å². The van der Waals surface area contributed by atoms with Gasteiger partial charge in [0.15, 0.2) is 0 Å². The molecule has 17 heavy (non-hydrogen) atoms. The van der Waals surface area contributed by atoms with Gasteiger partial charge in [-0.25, -0.2) is 0 Å². The number of nitrogens with one attached hydrogen (secondary N) is 1. The first kappa shape index (κ1) is 13.8. The Labute approximate surface area is 104 Å². The Balaban J connectivity index is 3.12.